The van der Waals surface area contributed by atoms with E-state index in [1.54, 1.807) is 12.1 Å². The Bertz CT molecular complexity index is 773. The Hall–Kier alpha value is -1.25. The standard InChI is InChI=1S/C20H34N4O2S2/c1-6-21-19(23-16-11-12-17(13-16)27-5)22-14-15-9-7-8-10-18(15)28(25,26)24-20(2,3)4/h7-10,16-17,24H,6,11-14H2,1-5H3,(H2,21,22,23). The number of rotatable bonds is 7. The summed E-state index contributed by atoms with van der Waals surface area (Å²) in [4.78, 5) is 4.95. The van der Waals surface area contributed by atoms with Crippen LogP contribution in [0.5, 0.6) is 0 Å². The summed E-state index contributed by atoms with van der Waals surface area (Å²) in [6.45, 7) is 8.60. The highest BCUT2D eigenvalue weighted by atomic mass is 32.2. The molecule has 2 atom stereocenters. The van der Waals surface area contributed by atoms with Crippen molar-refractivity contribution < 1.29 is 8.42 Å². The number of guanidine groups is 1. The van der Waals surface area contributed by atoms with E-state index in [0.717, 1.165) is 25.3 Å². The van der Waals surface area contributed by atoms with Gasteiger partial charge in [-0.1, -0.05) is 18.2 Å². The smallest absolute Gasteiger partial charge is 0.241 e. The highest BCUT2D eigenvalue weighted by molar-refractivity contribution is 7.99. The fourth-order valence-electron chi connectivity index (χ4n) is 3.32. The van der Waals surface area contributed by atoms with E-state index in [-0.39, 0.29) is 4.90 Å². The SMILES string of the molecule is CCNC(=NCc1ccccc1S(=O)(=O)NC(C)(C)C)NC1CCC(SC)C1. The molecule has 0 bridgehead atoms. The molecule has 1 aromatic carbocycles. The molecule has 28 heavy (non-hydrogen) atoms. The molecule has 2 unspecified atom stereocenters. The normalized spacial score (nSPS) is 21.0. The summed E-state index contributed by atoms with van der Waals surface area (Å²) in [6.07, 6.45) is 5.65. The van der Waals surface area contributed by atoms with Crippen LogP contribution in [0.4, 0.5) is 0 Å². The second kappa shape index (κ2) is 9.98. The van der Waals surface area contributed by atoms with Crippen molar-refractivity contribution in [2.75, 3.05) is 12.8 Å². The van der Waals surface area contributed by atoms with Crippen LogP contribution in [0, 0.1) is 0 Å². The molecular formula is C20H34N4O2S2. The first-order chi connectivity index (χ1) is 13.1. The van der Waals surface area contributed by atoms with Crippen LogP contribution in [0.15, 0.2) is 34.2 Å². The van der Waals surface area contributed by atoms with Crippen molar-refractivity contribution in [1.82, 2.24) is 15.4 Å². The predicted molar refractivity (Wildman–Crippen MR) is 119 cm³/mol. The average Bonchev–Trinajstić information content (AvgIpc) is 3.06. The summed E-state index contributed by atoms with van der Waals surface area (Å²) in [7, 11) is -3.60. The molecule has 1 aliphatic carbocycles. The van der Waals surface area contributed by atoms with E-state index < -0.39 is 15.6 Å². The lowest BCUT2D eigenvalue weighted by atomic mass is 10.1. The maximum absolute atomic E-state index is 12.8. The third-order valence-corrected chi connectivity index (χ3v) is 7.47. The van der Waals surface area contributed by atoms with Crippen LogP contribution in [0.1, 0.15) is 52.5 Å². The number of nitrogens with zero attached hydrogens (tertiary/aromatic N) is 1. The molecule has 0 spiro atoms. The highest BCUT2D eigenvalue weighted by Gasteiger charge is 2.25. The second-order valence-corrected chi connectivity index (χ2v) is 11.0. The van der Waals surface area contributed by atoms with Crippen LogP contribution in [0.2, 0.25) is 0 Å². The Labute approximate surface area is 174 Å². The molecule has 8 heteroatoms. The highest BCUT2D eigenvalue weighted by Crippen LogP contribution is 2.28. The van der Waals surface area contributed by atoms with Gasteiger partial charge in [0.05, 0.1) is 11.4 Å². The molecule has 0 amide bonds. The van der Waals surface area contributed by atoms with Crippen molar-refractivity contribution in [3.63, 3.8) is 0 Å². The van der Waals surface area contributed by atoms with E-state index in [1.165, 1.54) is 6.42 Å². The summed E-state index contributed by atoms with van der Waals surface area (Å²) >= 11 is 1.92. The lowest BCUT2D eigenvalue weighted by Gasteiger charge is -2.21. The molecule has 2 rings (SSSR count). The molecule has 0 heterocycles. The first-order valence-electron chi connectivity index (χ1n) is 9.84. The molecular weight excluding hydrogens is 392 g/mol. The zero-order valence-corrected chi connectivity index (χ0v) is 19.2. The van der Waals surface area contributed by atoms with Crippen LogP contribution in [-0.2, 0) is 16.6 Å². The number of aliphatic imine (C=N–C) groups is 1. The molecule has 1 aliphatic rings. The monoisotopic (exact) mass is 426 g/mol. The Morgan fingerprint density at radius 1 is 1.25 bits per heavy atom. The van der Waals surface area contributed by atoms with Gasteiger partial charge in [-0.15, -0.1) is 0 Å². The van der Waals surface area contributed by atoms with Gasteiger partial charge in [-0.25, -0.2) is 18.1 Å². The molecule has 6 nitrogen and oxygen atoms in total. The maximum Gasteiger partial charge on any atom is 0.241 e. The molecule has 0 aliphatic heterocycles. The number of sulfonamides is 1. The van der Waals surface area contributed by atoms with Crippen molar-refractivity contribution in [1.29, 1.82) is 0 Å². The van der Waals surface area contributed by atoms with Crippen molar-refractivity contribution in [3.05, 3.63) is 29.8 Å². The van der Waals surface area contributed by atoms with Crippen LogP contribution >= 0.6 is 11.8 Å². The Morgan fingerprint density at radius 2 is 1.96 bits per heavy atom. The quantitative estimate of drug-likeness (QED) is 0.461. The summed E-state index contributed by atoms with van der Waals surface area (Å²) in [5.41, 5.74) is 0.145. The summed E-state index contributed by atoms with van der Waals surface area (Å²) < 4.78 is 28.3. The van der Waals surface area contributed by atoms with Gasteiger partial charge in [0.25, 0.3) is 0 Å². The minimum atomic E-state index is -3.60. The van der Waals surface area contributed by atoms with Gasteiger partial charge in [0.1, 0.15) is 0 Å². The summed E-state index contributed by atoms with van der Waals surface area (Å²) in [5, 5.41) is 7.49. The van der Waals surface area contributed by atoms with Gasteiger partial charge in [-0.05, 0) is 64.8 Å². The second-order valence-electron chi connectivity index (χ2n) is 8.17. The van der Waals surface area contributed by atoms with Crippen molar-refractivity contribution in [2.45, 2.75) is 75.2 Å². The average molecular weight is 427 g/mol. The molecule has 0 radical (unpaired) electrons. The number of hydrogen-bond acceptors (Lipinski definition) is 4. The van der Waals surface area contributed by atoms with Crippen LogP contribution in [0.25, 0.3) is 0 Å². The molecule has 158 valence electrons. The third-order valence-electron chi connectivity index (χ3n) is 4.51. The van der Waals surface area contributed by atoms with Crippen LogP contribution in [0.3, 0.4) is 0 Å². The number of thioether (sulfide) groups is 1. The molecule has 1 saturated carbocycles. The minimum absolute atomic E-state index is 0.285. The fraction of sp³-hybridized carbons (Fsp3) is 0.650. The lowest BCUT2D eigenvalue weighted by Crippen LogP contribution is -2.42. The number of benzene rings is 1. The molecule has 0 aromatic heterocycles. The zero-order chi connectivity index (χ0) is 20.8. The number of hydrogen-bond donors (Lipinski definition) is 3. The Kier molecular flexibility index (Phi) is 8.21. The van der Waals surface area contributed by atoms with Gasteiger partial charge < -0.3 is 10.6 Å². The van der Waals surface area contributed by atoms with Gasteiger partial charge in [0.2, 0.25) is 10.0 Å². The van der Waals surface area contributed by atoms with Crippen molar-refractivity contribution in [2.24, 2.45) is 4.99 Å². The Balaban J connectivity index is 2.16. The molecule has 1 aromatic rings. The Morgan fingerprint density at radius 3 is 2.57 bits per heavy atom. The van der Waals surface area contributed by atoms with Crippen molar-refractivity contribution >= 4 is 27.7 Å². The third kappa shape index (κ3) is 6.97. The van der Waals surface area contributed by atoms with E-state index >= 15 is 0 Å². The van der Waals surface area contributed by atoms with Gasteiger partial charge in [0, 0.05) is 23.4 Å². The van der Waals surface area contributed by atoms with Gasteiger partial charge >= 0.3 is 0 Å². The first kappa shape index (κ1) is 23.0. The lowest BCUT2D eigenvalue weighted by molar-refractivity contribution is 0.491. The van der Waals surface area contributed by atoms with Crippen LogP contribution in [-0.4, -0.2) is 44.0 Å². The van der Waals surface area contributed by atoms with Crippen LogP contribution < -0.4 is 15.4 Å². The predicted octanol–water partition coefficient (Wildman–Crippen LogP) is 3.10. The topological polar surface area (TPSA) is 82.6 Å². The van der Waals surface area contributed by atoms with E-state index in [1.807, 2.05) is 51.6 Å². The van der Waals surface area contributed by atoms with Gasteiger partial charge in [0.15, 0.2) is 5.96 Å². The van der Waals surface area contributed by atoms with E-state index in [0.29, 0.717) is 23.4 Å². The van der Waals surface area contributed by atoms with E-state index in [2.05, 4.69) is 26.6 Å². The molecule has 3 N–H and O–H groups in total. The van der Waals surface area contributed by atoms with Gasteiger partial charge in [-0.2, -0.15) is 11.8 Å². The summed E-state index contributed by atoms with van der Waals surface area (Å²) in [5.74, 6) is 0.741. The fourth-order valence-corrected chi connectivity index (χ4v) is 5.77. The zero-order valence-electron chi connectivity index (χ0n) is 17.6. The van der Waals surface area contributed by atoms with E-state index in [9.17, 15) is 8.42 Å². The summed E-state index contributed by atoms with van der Waals surface area (Å²) in [6, 6.07) is 7.47. The molecule has 0 saturated heterocycles. The first-order valence-corrected chi connectivity index (χ1v) is 12.6. The number of nitrogens with one attached hydrogen (secondary N) is 3. The van der Waals surface area contributed by atoms with Crippen molar-refractivity contribution in [3.8, 4) is 0 Å². The van der Waals surface area contributed by atoms with Gasteiger partial charge in [-0.3, -0.25) is 0 Å². The molecule has 1 fully saturated rings. The largest absolute Gasteiger partial charge is 0.357 e. The van der Waals surface area contributed by atoms with E-state index in [4.69, 9.17) is 0 Å². The maximum atomic E-state index is 12.8. The minimum Gasteiger partial charge on any atom is -0.357 e.